The zero-order chi connectivity index (χ0) is 14.0. The third-order valence-corrected chi connectivity index (χ3v) is 4.30. The fraction of sp³-hybridized carbons (Fsp3) is 0. The number of aromatic nitrogens is 1. The quantitative estimate of drug-likeness (QED) is 0.379. The Morgan fingerprint density at radius 1 is 0.810 bits per heavy atom. The van der Waals surface area contributed by atoms with Crippen LogP contribution < -0.4 is 0 Å². The van der Waals surface area contributed by atoms with E-state index in [1.165, 1.54) is 0 Å². The van der Waals surface area contributed by atoms with Crippen molar-refractivity contribution in [1.82, 2.24) is 4.98 Å². The molecule has 5 rings (SSSR count). The number of H-pyrrole nitrogens is 1. The molecule has 0 atom stereocenters. The zero-order valence-electron chi connectivity index (χ0n) is 11.0. The van der Waals surface area contributed by atoms with Crippen molar-refractivity contribution in [2.75, 3.05) is 0 Å². The lowest BCUT2D eigenvalue weighted by Gasteiger charge is -1.94. The van der Waals surface area contributed by atoms with Gasteiger partial charge in [0.1, 0.15) is 11.2 Å². The van der Waals surface area contributed by atoms with Crippen molar-refractivity contribution in [3.8, 4) is 0 Å². The van der Waals surface area contributed by atoms with Crippen LogP contribution in [0, 0.1) is 0 Å². The van der Waals surface area contributed by atoms with Crippen LogP contribution in [0.5, 0.6) is 0 Å². The second-order valence-electron chi connectivity index (χ2n) is 5.28. The molecule has 5 aromatic rings. The highest BCUT2D eigenvalue weighted by Gasteiger charge is 2.13. The summed E-state index contributed by atoms with van der Waals surface area (Å²) in [6, 6.07) is 18.3. The third kappa shape index (κ3) is 1.43. The molecular formula is C18H10ClNO. The van der Waals surface area contributed by atoms with Gasteiger partial charge in [-0.2, -0.15) is 0 Å². The van der Waals surface area contributed by atoms with Crippen LogP contribution in [0.25, 0.3) is 43.7 Å². The van der Waals surface area contributed by atoms with Gasteiger partial charge in [0.15, 0.2) is 0 Å². The van der Waals surface area contributed by atoms with Gasteiger partial charge in [-0.1, -0.05) is 35.9 Å². The Hall–Kier alpha value is -2.45. The monoisotopic (exact) mass is 291 g/mol. The Morgan fingerprint density at radius 2 is 1.67 bits per heavy atom. The number of rotatable bonds is 0. The van der Waals surface area contributed by atoms with Gasteiger partial charge in [0.25, 0.3) is 0 Å². The fourth-order valence-corrected chi connectivity index (χ4v) is 3.32. The summed E-state index contributed by atoms with van der Waals surface area (Å²) in [4.78, 5) is 3.41. The lowest BCUT2D eigenvalue weighted by molar-refractivity contribution is 0.673. The molecule has 0 spiro atoms. The average Bonchev–Trinajstić information content (AvgIpc) is 3.03. The average molecular weight is 292 g/mol. The fourth-order valence-electron chi connectivity index (χ4n) is 3.14. The van der Waals surface area contributed by atoms with Crippen LogP contribution in [0.3, 0.4) is 0 Å². The first-order chi connectivity index (χ1) is 10.3. The molecule has 0 unspecified atom stereocenters. The molecule has 0 saturated heterocycles. The van der Waals surface area contributed by atoms with Crippen molar-refractivity contribution in [2.45, 2.75) is 0 Å². The van der Waals surface area contributed by atoms with E-state index < -0.39 is 0 Å². The van der Waals surface area contributed by atoms with Crippen molar-refractivity contribution in [3.63, 3.8) is 0 Å². The summed E-state index contributed by atoms with van der Waals surface area (Å²) in [5.74, 6) is 0. The number of nitrogens with one attached hydrogen (secondary N) is 1. The summed E-state index contributed by atoms with van der Waals surface area (Å²) in [6.45, 7) is 0. The minimum atomic E-state index is 0.731. The molecule has 2 heterocycles. The number of hydrogen-bond donors (Lipinski definition) is 1. The molecule has 0 aliphatic carbocycles. The second kappa shape index (κ2) is 3.80. The molecule has 0 radical (unpaired) electrons. The second-order valence-corrected chi connectivity index (χ2v) is 5.71. The van der Waals surface area contributed by atoms with Crippen LogP contribution in [0.4, 0.5) is 0 Å². The number of halogens is 1. The van der Waals surface area contributed by atoms with Gasteiger partial charge in [-0.3, -0.25) is 0 Å². The first-order valence-corrected chi connectivity index (χ1v) is 7.20. The highest BCUT2D eigenvalue weighted by Crippen LogP contribution is 2.37. The van der Waals surface area contributed by atoms with Crippen molar-refractivity contribution in [1.29, 1.82) is 0 Å². The van der Waals surface area contributed by atoms with E-state index in [0.717, 1.165) is 48.8 Å². The minimum absolute atomic E-state index is 0.731. The molecule has 2 nitrogen and oxygen atoms in total. The van der Waals surface area contributed by atoms with E-state index in [9.17, 15) is 0 Å². The Balaban J connectivity index is 2.09. The van der Waals surface area contributed by atoms with Crippen molar-refractivity contribution in [2.24, 2.45) is 0 Å². The predicted molar refractivity (Wildman–Crippen MR) is 88.1 cm³/mol. The van der Waals surface area contributed by atoms with Gasteiger partial charge < -0.3 is 9.40 Å². The van der Waals surface area contributed by atoms with Crippen LogP contribution in [-0.2, 0) is 0 Å². The van der Waals surface area contributed by atoms with E-state index in [2.05, 4.69) is 23.2 Å². The molecular weight excluding hydrogens is 282 g/mol. The molecule has 3 aromatic carbocycles. The van der Waals surface area contributed by atoms with Crippen LogP contribution in [0.15, 0.2) is 59.0 Å². The minimum Gasteiger partial charge on any atom is -0.455 e. The van der Waals surface area contributed by atoms with Crippen molar-refractivity contribution < 1.29 is 4.42 Å². The number of fused-ring (bicyclic) bond motifs is 7. The maximum Gasteiger partial charge on any atom is 0.145 e. The normalized spacial score (nSPS) is 12.0. The number of para-hydroxylation sites is 1. The first kappa shape index (κ1) is 11.2. The first-order valence-electron chi connectivity index (χ1n) is 6.82. The van der Waals surface area contributed by atoms with E-state index in [4.69, 9.17) is 16.0 Å². The molecule has 0 saturated carbocycles. The standard InChI is InChI=1S/C18H10ClNO/c19-10-5-6-13-15(9-10)20-14-8-7-12-11-3-1-2-4-16(11)21-18(12)17(13)14/h1-9,20H. The predicted octanol–water partition coefficient (Wildman–Crippen LogP) is 5.87. The van der Waals surface area contributed by atoms with Crippen LogP contribution in [0.1, 0.15) is 0 Å². The summed E-state index contributed by atoms with van der Waals surface area (Å²) < 4.78 is 6.11. The summed E-state index contributed by atoms with van der Waals surface area (Å²) in [6.07, 6.45) is 0. The number of benzene rings is 3. The maximum absolute atomic E-state index is 6.11. The van der Waals surface area contributed by atoms with E-state index in [1.807, 2.05) is 36.4 Å². The van der Waals surface area contributed by atoms with Gasteiger partial charge in [0, 0.05) is 26.7 Å². The topological polar surface area (TPSA) is 28.9 Å². The Morgan fingerprint density at radius 3 is 2.62 bits per heavy atom. The molecule has 3 heteroatoms. The summed E-state index contributed by atoms with van der Waals surface area (Å²) in [5, 5.41) is 5.29. The SMILES string of the molecule is Clc1ccc2c(c1)[nH]c1ccc3c4ccccc4oc3c12. The maximum atomic E-state index is 6.11. The Bertz CT molecular complexity index is 1150. The molecule has 0 aliphatic heterocycles. The summed E-state index contributed by atoms with van der Waals surface area (Å²) in [7, 11) is 0. The highest BCUT2D eigenvalue weighted by molar-refractivity contribution is 6.32. The van der Waals surface area contributed by atoms with Gasteiger partial charge in [0.2, 0.25) is 0 Å². The molecule has 21 heavy (non-hydrogen) atoms. The van der Waals surface area contributed by atoms with Crippen molar-refractivity contribution >= 4 is 55.3 Å². The van der Waals surface area contributed by atoms with Gasteiger partial charge in [0.05, 0.1) is 10.9 Å². The Kier molecular flexibility index (Phi) is 2.04. The molecule has 2 aromatic heterocycles. The molecule has 0 aliphatic rings. The smallest absolute Gasteiger partial charge is 0.145 e. The number of aromatic amines is 1. The van der Waals surface area contributed by atoms with E-state index in [1.54, 1.807) is 0 Å². The van der Waals surface area contributed by atoms with Crippen LogP contribution in [0.2, 0.25) is 5.02 Å². The molecule has 100 valence electrons. The molecule has 0 fully saturated rings. The van der Waals surface area contributed by atoms with Gasteiger partial charge in [-0.25, -0.2) is 0 Å². The number of furan rings is 1. The van der Waals surface area contributed by atoms with Gasteiger partial charge in [-0.15, -0.1) is 0 Å². The lowest BCUT2D eigenvalue weighted by Crippen LogP contribution is -1.69. The number of hydrogen-bond acceptors (Lipinski definition) is 1. The molecule has 1 N–H and O–H groups in total. The van der Waals surface area contributed by atoms with Gasteiger partial charge >= 0.3 is 0 Å². The summed E-state index contributed by atoms with van der Waals surface area (Å²) >= 11 is 6.09. The van der Waals surface area contributed by atoms with Gasteiger partial charge in [-0.05, 0) is 30.3 Å². The van der Waals surface area contributed by atoms with Crippen LogP contribution >= 0.6 is 11.6 Å². The summed E-state index contributed by atoms with van der Waals surface area (Å²) in [5.41, 5.74) is 3.95. The Labute approximate surface area is 124 Å². The molecule has 0 bridgehead atoms. The van der Waals surface area contributed by atoms with E-state index >= 15 is 0 Å². The largest absolute Gasteiger partial charge is 0.455 e. The molecule has 0 amide bonds. The van der Waals surface area contributed by atoms with Crippen molar-refractivity contribution in [3.05, 3.63) is 59.6 Å². The van der Waals surface area contributed by atoms with E-state index in [-0.39, 0.29) is 0 Å². The lowest BCUT2D eigenvalue weighted by atomic mass is 10.1. The van der Waals surface area contributed by atoms with Crippen LogP contribution in [-0.4, -0.2) is 4.98 Å². The zero-order valence-corrected chi connectivity index (χ0v) is 11.7. The third-order valence-electron chi connectivity index (χ3n) is 4.07. The highest BCUT2D eigenvalue weighted by atomic mass is 35.5. The van der Waals surface area contributed by atoms with E-state index in [0.29, 0.717) is 0 Å².